The van der Waals surface area contributed by atoms with Crippen LogP contribution in [-0.4, -0.2) is 10.9 Å². The Hall–Kier alpha value is -2.73. The van der Waals surface area contributed by atoms with Crippen LogP contribution in [0.1, 0.15) is 41.1 Å². The number of ether oxygens (including phenoxy) is 1. The first-order valence-electron chi connectivity index (χ1n) is 9.51. The van der Waals surface area contributed by atoms with Gasteiger partial charge in [0.25, 0.3) is 0 Å². The summed E-state index contributed by atoms with van der Waals surface area (Å²) in [5.41, 5.74) is 1.79. The van der Waals surface area contributed by atoms with E-state index in [0.717, 1.165) is 37.1 Å². The number of unbranched alkanes of at least 4 members (excludes halogenated alkanes) is 1. The number of benzene rings is 2. The van der Waals surface area contributed by atoms with E-state index in [9.17, 15) is 13.2 Å². The molecule has 0 aliphatic heterocycles. The number of hydrogen-bond acceptors (Lipinski definition) is 3. The minimum Gasteiger partial charge on any atom is -0.487 e. The van der Waals surface area contributed by atoms with E-state index >= 15 is 0 Å². The third-order valence-corrected chi connectivity index (χ3v) is 4.65. The Kier molecular flexibility index (Phi) is 7.57. The van der Waals surface area contributed by atoms with Crippen molar-refractivity contribution in [2.75, 3.05) is 5.88 Å². The molecule has 2 aromatic carbocycles. The highest BCUT2D eigenvalue weighted by Gasteiger charge is 2.29. The first-order chi connectivity index (χ1) is 14.4. The zero-order chi connectivity index (χ0) is 21.4. The number of aryl methyl sites for hydroxylation is 1. The van der Waals surface area contributed by atoms with Crippen LogP contribution in [0.15, 0.2) is 59.2 Å². The Morgan fingerprint density at radius 2 is 1.70 bits per heavy atom. The van der Waals surface area contributed by atoms with E-state index in [1.807, 2.05) is 24.3 Å². The van der Waals surface area contributed by atoms with Gasteiger partial charge in [-0.1, -0.05) is 24.3 Å². The largest absolute Gasteiger partial charge is 0.487 e. The molecule has 0 amide bonds. The molecule has 3 nitrogen and oxygen atoms in total. The Morgan fingerprint density at radius 3 is 2.37 bits per heavy atom. The summed E-state index contributed by atoms with van der Waals surface area (Å²) in [4.78, 5) is 4.29. The molecule has 0 spiro atoms. The first kappa shape index (κ1) is 22.0. The summed E-state index contributed by atoms with van der Waals surface area (Å²) in [6, 6.07) is 12.8. The van der Waals surface area contributed by atoms with Crippen LogP contribution in [0, 0.1) is 0 Å². The molecule has 1 heterocycles. The summed E-state index contributed by atoms with van der Waals surface area (Å²) in [6.07, 6.45) is 3.44. The van der Waals surface area contributed by atoms with Gasteiger partial charge in [-0.15, -0.1) is 11.6 Å². The van der Waals surface area contributed by atoms with Gasteiger partial charge in [-0.3, -0.25) is 0 Å². The lowest BCUT2D eigenvalue weighted by atomic mass is 10.1. The van der Waals surface area contributed by atoms with Crippen molar-refractivity contribution in [2.45, 2.75) is 32.0 Å². The molecule has 3 aromatic rings. The van der Waals surface area contributed by atoms with Crippen molar-refractivity contribution in [1.82, 2.24) is 4.98 Å². The summed E-state index contributed by atoms with van der Waals surface area (Å²) in [5, 5.41) is 0. The molecule has 7 heteroatoms. The lowest BCUT2D eigenvalue weighted by molar-refractivity contribution is -0.137. The van der Waals surface area contributed by atoms with Gasteiger partial charge in [0.2, 0.25) is 5.89 Å². The number of hydrogen-bond donors (Lipinski definition) is 0. The third-order valence-electron chi connectivity index (χ3n) is 4.39. The molecule has 30 heavy (non-hydrogen) atoms. The molecule has 0 saturated heterocycles. The molecule has 0 aliphatic rings. The standard InChI is InChI=1S/C23H21ClF3NO2/c24-14-2-1-3-17-6-11-21(12-7-17)29-15-20-16-30-22(28-20)13-8-18-4-9-19(10-5-18)23(25,26)27/h4-13,16H,1-3,14-15H2. The van der Waals surface area contributed by atoms with Gasteiger partial charge < -0.3 is 9.15 Å². The summed E-state index contributed by atoms with van der Waals surface area (Å²) in [7, 11) is 0. The van der Waals surface area contributed by atoms with Gasteiger partial charge in [0, 0.05) is 12.0 Å². The van der Waals surface area contributed by atoms with Gasteiger partial charge in [0.1, 0.15) is 24.3 Å². The molecule has 1 aromatic heterocycles. The Morgan fingerprint density at radius 1 is 0.967 bits per heavy atom. The fourth-order valence-electron chi connectivity index (χ4n) is 2.75. The molecule has 0 N–H and O–H groups in total. The van der Waals surface area contributed by atoms with Crippen LogP contribution in [0.4, 0.5) is 13.2 Å². The van der Waals surface area contributed by atoms with E-state index in [4.69, 9.17) is 20.8 Å². The number of halogens is 4. The van der Waals surface area contributed by atoms with E-state index in [0.29, 0.717) is 23.0 Å². The molecular formula is C23H21ClF3NO2. The first-order valence-corrected chi connectivity index (χ1v) is 10.0. The molecule has 0 atom stereocenters. The van der Waals surface area contributed by atoms with Gasteiger partial charge in [0.05, 0.1) is 5.56 Å². The van der Waals surface area contributed by atoms with Crippen LogP contribution in [0.25, 0.3) is 12.2 Å². The van der Waals surface area contributed by atoms with E-state index < -0.39 is 11.7 Å². The van der Waals surface area contributed by atoms with Gasteiger partial charge >= 0.3 is 6.18 Å². The lowest BCUT2D eigenvalue weighted by Gasteiger charge is -2.05. The van der Waals surface area contributed by atoms with E-state index in [-0.39, 0.29) is 6.61 Å². The minimum absolute atomic E-state index is 0.253. The highest BCUT2D eigenvalue weighted by molar-refractivity contribution is 6.17. The average molecular weight is 436 g/mol. The zero-order valence-corrected chi connectivity index (χ0v) is 16.9. The number of aromatic nitrogens is 1. The number of rotatable bonds is 9. The molecule has 3 rings (SSSR count). The van der Waals surface area contributed by atoms with Gasteiger partial charge in [-0.25, -0.2) is 4.98 Å². The molecule has 0 aliphatic carbocycles. The van der Waals surface area contributed by atoms with Gasteiger partial charge in [-0.2, -0.15) is 13.2 Å². The van der Waals surface area contributed by atoms with Crippen molar-refractivity contribution < 1.29 is 22.3 Å². The van der Waals surface area contributed by atoms with Crippen molar-refractivity contribution in [3.05, 3.63) is 83.1 Å². The Balaban J connectivity index is 1.51. The van der Waals surface area contributed by atoms with Crippen molar-refractivity contribution in [2.24, 2.45) is 0 Å². The molecular weight excluding hydrogens is 415 g/mol. The zero-order valence-electron chi connectivity index (χ0n) is 16.2. The summed E-state index contributed by atoms with van der Waals surface area (Å²) < 4.78 is 48.9. The predicted molar refractivity (Wildman–Crippen MR) is 111 cm³/mol. The smallest absolute Gasteiger partial charge is 0.416 e. The highest BCUT2D eigenvalue weighted by atomic mass is 35.5. The molecule has 158 valence electrons. The minimum atomic E-state index is -4.34. The van der Waals surface area contributed by atoms with Crippen LogP contribution < -0.4 is 4.74 Å². The van der Waals surface area contributed by atoms with Gasteiger partial charge in [0.15, 0.2) is 0 Å². The summed E-state index contributed by atoms with van der Waals surface area (Å²) in [6.45, 7) is 0.253. The van der Waals surface area contributed by atoms with E-state index in [1.165, 1.54) is 24.0 Å². The Labute approximate surface area is 178 Å². The van der Waals surface area contributed by atoms with Crippen molar-refractivity contribution in [3.63, 3.8) is 0 Å². The van der Waals surface area contributed by atoms with Crippen LogP contribution in [0.2, 0.25) is 0 Å². The lowest BCUT2D eigenvalue weighted by Crippen LogP contribution is -2.03. The molecule has 0 radical (unpaired) electrons. The monoisotopic (exact) mass is 435 g/mol. The predicted octanol–water partition coefficient (Wildman–Crippen LogP) is 7.00. The second kappa shape index (κ2) is 10.3. The SMILES string of the molecule is FC(F)(F)c1ccc(C=Cc2nc(COc3ccc(CCCCCl)cc3)co2)cc1. The highest BCUT2D eigenvalue weighted by Crippen LogP contribution is 2.29. The van der Waals surface area contributed by atoms with E-state index in [1.54, 1.807) is 12.2 Å². The molecule has 0 bridgehead atoms. The van der Waals surface area contributed by atoms with Crippen LogP contribution in [0.5, 0.6) is 5.75 Å². The van der Waals surface area contributed by atoms with Crippen LogP contribution in [-0.2, 0) is 19.2 Å². The normalized spacial score (nSPS) is 11.9. The second-order valence-electron chi connectivity index (χ2n) is 6.71. The number of nitrogens with zero attached hydrogens (tertiary/aromatic N) is 1. The van der Waals surface area contributed by atoms with Crippen LogP contribution >= 0.6 is 11.6 Å². The quantitative estimate of drug-likeness (QED) is 0.268. The maximum atomic E-state index is 12.6. The maximum Gasteiger partial charge on any atom is 0.416 e. The van der Waals surface area contributed by atoms with E-state index in [2.05, 4.69) is 4.98 Å². The third kappa shape index (κ3) is 6.66. The second-order valence-corrected chi connectivity index (χ2v) is 7.09. The topological polar surface area (TPSA) is 35.3 Å². The van der Waals surface area contributed by atoms with Gasteiger partial charge in [-0.05, 0) is 60.7 Å². The fraction of sp³-hybridized carbons (Fsp3) is 0.261. The number of oxazole rings is 1. The number of alkyl halides is 4. The average Bonchev–Trinajstić information content (AvgIpc) is 3.19. The maximum absolute atomic E-state index is 12.6. The fourth-order valence-corrected chi connectivity index (χ4v) is 2.94. The molecule has 0 fully saturated rings. The Bertz CT molecular complexity index is 948. The van der Waals surface area contributed by atoms with Crippen LogP contribution in [0.3, 0.4) is 0 Å². The molecule has 0 saturated carbocycles. The molecule has 0 unspecified atom stereocenters. The van der Waals surface area contributed by atoms with Crippen molar-refractivity contribution in [1.29, 1.82) is 0 Å². The van der Waals surface area contributed by atoms with Crippen molar-refractivity contribution in [3.8, 4) is 5.75 Å². The summed E-state index contributed by atoms with van der Waals surface area (Å²) in [5.74, 6) is 1.77. The summed E-state index contributed by atoms with van der Waals surface area (Å²) >= 11 is 5.69. The van der Waals surface area contributed by atoms with Crippen molar-refractivity contribution >= 4 is 23.8 Å².